The fourth-order valence-corrected chi connectivity index (χ4v) is 2.22. The van der Waals surface area contributed by atoms with E-state index < -0.39 is 11.6 Å². The van der Waals surface area contributed by atoms with Crippen LogP contribution < -0.4 is 10.6 Å². The van der Waals surface area contributed by atoms with Crippen molar-refractivity contribution < 1.29 is 8.78 Å². The smallest absolute Gasteiger partial charge is 0.150 e. The molecule has 108 valence electrons. The molecule has 0 radical (unpaired) electrons. The second kappa shape index (κ2) is 5.98. The van der Waals surface area contributed by atoms with Crippen LogP contribution in [0.15, 0.2) is 30.3 Å². The SMILES string of the molecule is CN(Cc1cc(N)ccc1Cl)c1c(F)cc(C#N)cc1F. The molecule has 0 amide bonds. The minimum absolute atomic E-state index is 0.0656. The number of hydrogen-bond acceptors (Lipinski definition) is 3. The minimum atomic E-state index is -0.797. The quantitative estimate of drug-likeness (QED) is 0.880. The molecule has 0 aliphatic heterocycles. The Labute approximate surface area is 126 Å². The Kier molecular flexibility index (Phi) is 4.29. The Morgan fingerprint density at radius 2 is 1.86 bits per heavy atom. The Balaban J connectivity index is 2.35. The number of rotatable bonds is 3. The number of nitriles is 1. The molecule has 0 heterocycles. The van der Waals surface area contributed by atoms with Gasteiger partial charge in [0.2, 0.25) is 0 Å². The summed E-state index contributed by atoms with van der Waals surface area (Å²) in [6, 6.07) is 8.63. The summed E-state index contributed by atoms with van der Waals surface area (Å²) in [7, 11) is 1.53. The van der Waals surface area contributed by atoms with Gasteiger partial charge in [-0.15, -0.1) is 0 Å². The summed E-state index contributed by atoms with van der Waals surface area (Å²) in [4.78, 5) is 1.38. The van der Waals surface area contributed by atoms with Crippen LogP contribution in [0.2, 0.25) is 5.02 Å². The molecular formula is C15H12ClF2N3. The van der Waals surface area contributed by atoms with Crippen LogP contribution in [0.5, 0.6) is 0 Å². The zero-order valence-electron chi connectivity index (χ0n) is 11.2. The lowest BCUT2D eigenvalue weighted by molar-refractivity contribution is 0.576. The average molecular weight is 308 g/mol. The van der Waals surface area contributed by atoms with E-state index in [1.54, 1.807) is 24.3 Å². The van der Waals surface area contributed by atoms with E-state index in [1.165, 1.54) is 11.9 Å². The normalized spacial score (nSPS) is 10.2. The van der Waals surface area contributed by atoms with E-state index in [4.69, 9.17) is 22.6 Å². The molecule has 0 aliphatic carbocycles. The monoisotopic (exact) mass is 307 g/mol. The molecule has 2 rings (SSSR count). The van der Waals surface area contributed by atoms with E-state index >= 15 is 0 Å². The van der Waals surface area contributed by atoms with Gasteiger partial charge in [0.25, 0.3) is 0 Å². The van der Waals surface area contributed by atoms with Crippen LogP contribution in [-0.4, -0.2) is 7.05 Å². The maximum Gasteiger partial charge on any atom is 0.150 e. The summed E-state index contributed by atoms with van der Waals surface area (Å²) in [6.07, 6.45) is 0. The van der Waals surface area contributed by atoms with Gasteiger partial charge in [0.1, 0.15) is 5.69 Å². The highest BCUT2D eigenvalue weighted by atomic mass is 35.5. The minimum Gasteiger partial charge on any atom is -0.399 e. The largest absolute Gasteiger partial charge is 0.399 e. The highest BCUT2D eigenvalue weighted by Gasteiger charge is 2.16. The van der Waals surface area contributed by atoms with Crippen molar-refractivity contribution in [3.8, 4) is 6.07 Å². The molecule has 0 bridgehead atoms. The topological polar surface area (TPSA) is 53.0 Å². The van der Waals surface area contributed by atoms with E-state index in [-0.39, 0.29) is 17.8 Å². The molecule has 2 aromatic rings. The van der Waals surface area contributed by atoms with Crippen LogP contribution in [-0.2, 0) is 6.54 Å². The van der Waals surface area contributed by atoms with Gasteiger partial charge in [0, 0.05) is 24.3 Å². The Morgan fingerprint density at radius 1 is 1.24 bits per heavy atom. The van der Waals surface area contributed by atoms with Gasteiger partial charge in [0.05, 0.1) is 11.6 Å². The molecule has 21 heavy (non-hydrogen) atoms. The molecule has 2 aromatic carbocycles. The molecule has 0 fully saturated rings. The van der Waals surface area contributed by atoms with Gasteiger partial charge in [-0.1, -0.05) is 11.6 Å². The first kappa shape index (κ1) is 15.1. The first-order valence-electron chi connectivity index (χ1n) is 6.06. The molecule has 3 nitrogen and oxygen atoms in total. The van der Waals surface area contributed by atoms with Gasteiger partial charge < -0.3 is 10.6 Å². The van der Waals surface area contributed by atoms with Crippen molar-refractivity contribution in [3.05, 3.63) is 58.1 Å². The second-order valence-corrected chi connectivity index (χ2v) is 5.01. The van der Waals surface area contributed by atoms with Gasteiger partial charge in [-0.3, -0.25) is 0 Å². The lowest BCUT2D eigenvalue weighted by Crippen LogP contribution is -2.19. The van der Waals surface area contributed by atoms with Crippen molar-refractivity contribution in [2.45, 2.75) is 6.54 Å². The first-order valence-corrected chi connectivity index (χ1v) is 6.44. The molecule has 0 atom stereocenters. The van der Waals surface area contributed by atoms with E-state index in [0.29, 0.717) is 16.3 Å². The highest BCUT2D eigenvalue weighted by molar-refractivity contribution is 6.31. The maximum absolute atomic E-state index is 13.9. The van der Waals surface area contributed by atoms with Crippen molar-refractivity contribution in [2.75, 3.05) is 17.7 Å². The number of nitrogens with zero attached hydrogens (tertiary/aromatic N) is 2. The number of nitrogens with two attached hydrogens (primary N) is 1. The molecule has 0 aliphatic rings. The highest BCUT2D eigenvalue weighted by Crippen LogP contribution is 2.27. The molecule has 0 spiro atoms. The van der Waals surface area contributed by atoms with E-state index in [0.717, 1.165) is 12.1 Å². The first-order chi connectivity index (χ1) is 9.92. The van der Waals surface area contributed by atoms with Gasteiger partial charge in [-0.25, -0.2) is 8.78 Å². The molecule has 0 saturated carbocycles. The Hall–Kier alpha value is -2.32. The maximum atomic E-state index is 13.9. The summed E-state index contributed by atoms with van der Waals surface area (Å²) >= 11 is 6.04. The van der Waals surface area contributed by atoms with Crippen LogP contribution in [0.4, 0.5) is 20.2 Å². The zero-order chi connectivity index (χ0) is 15.6. The van der Waals surface area contributed by atoms with Crippen LogP contribution in [0.25, 0.3) is 0 Å². The summed E-state index contributed by atoms with van der Waals surface area (Å²) < 4.78 is 27.9. The van der Waals surface area contributed by atoms with Crippen molar-refractivity contribution in [3.63, 3.8) is 0 Å². The lowest BCUT2D eigenvalue weighted by atomic mass is 10.1. The van der Waals surface area contributed by atoms with Crippen molar-refractivity contribution in [1.82, 2.24) is 0 Å². The Morgan fingerprint density at radius 3 is 2.43 bits per heavy atom. The molecule has 2 N–H and O–H groups in total. The van der Waals surface area contributed by atoms with Gasteiger partial charge in [-0.2, -0.15) is 5.26 Å². The predicted molar refractivity (Wildman–Crippen MR) is 79.0 cm³/mol. The van der Waals surface area contributed by atoms with Crippen LogP contribution in [0.1, 0.15) is 11.1 Å². The van der Waals surface area contributed by atoms with Gasteiger partial charge in [-0.05, 0) is 35.9 Å². The van der Waals surface area contributed by atoms with Crippen molar-refractivity contribution >= 4 is 23.0 Å². The van der Waals surface area contributed by atoms with Crippen molar-refractivity contribution in [1.29, 1.82) is 5.26 Å². The second-order valence-electron chi connectivity index (χ2n) is 4.61. The molecule has 0 unspecified atom stereocenters. The number of benzene rings is 2. The summed E-state index contributed by atoms with van der Waals surface area (Å²) in [6.45, 7) is 0.184. The van der Waals surface area contributed by atoms with Crippen LogP contribution in [0.3, 0.4) is 0 Å². The fraction of sp³-hybridized carbons (Fsp3) is 0.133. The number of halogens is 3. The molecule has 0 saturated heterocycles. The van der Waals surface area contributed by atoms with E-state index in [9.17, 15) is 8.78 Å². The third-order valence-electron chi connectivity index (χ3n) is 3.01. The Bertz CT molecular complexity index is 702. The average Bonchev–Trinajstić information content (AvgIpc) is 2.42. The molecular weight excluding hydrogens is 296 g/mol. The number of nitrogen functional groups attached to an aromatic ring is 1. The summed E-state index contributed by atoms with van der Waals surface area (Å²) in [5.41, 5.74) is 6.57. The molecule has 6 heteroatoms. The third-order valence-corrected chi connectivity index (χ3v) is 3.37. The summed E-state index contributed by atoms with van der Waals surface area (Å²) in [5.74, 6) is -1.59. The lowest BCUT2D eigenvalue weighted by Gasteiger charge is -2.21. The van der Waals surface area contributed by atoms with Gasteiger partial charge in [0.15, 0.2) is 11.6 Å². The van der Waals surface area contributed by atoms with E-state index in [2.05, 4.69) is 0 Å². The number of anilines is 2. The van der Waals surface area contributed by atoms with E-state index in [1.807, 2.05) is 0 Å². The van der Waals surface area contributed by atoms with Crippen LogP contribution >= 0.6 is 11.6 Å². The fourth-order valence-electron chi connectivity index (χ4n) is 2.05. The zero-order valence-corrected chi connectivity index (χ0v) is 12.0. The standard InChI is InChI=1S/C15H12ClF2N3/c1-21(8-10-6-11(20)2-3-12(10)16)15-13(17)4-9(7-19)5-14(15)18/h2-6H,8,20H2,1H3. The molecule has 0 aromatic heterocycles. The predicted octanol–water partition coefficient (Wildman–Crippen LogP) is 3.71. The third kappa shape index (κ3) is 3.23. The van der Waals surface area contributed by atoms with Crippen LogP contribution in [0, 0.1) is 23.0 Å². The summed E-state index contributed by atoms with van der Waals surface area (Å²) in [5, 5.41) is 9.15. The van der Waals surface area contributed by atoms with Gasteiger partial charge >= 0.3 is 0 Å². The van der Waals surface area contributed by atoms with Crippen molar-refractivity contribution in [2.24, 2.45) is 0 Å². The number of hydrogen-bond donors (Lipinski definition) is 1.